The van der Waals surface area contributed by atoms with Gasteiger partial charge in [0.2, 0.25) is 11.8 Å². The molecule has 0 bridgehead atoms. The molecule has 0 saturated heterocycles. The van der Waals surface area contributed by atoms with Crippen LogP contribution in [0.25, 0.3) is 0 Å². The molecular weight excluding hydrogens is 387 g/mol. The molecule has 0 saturated carbocycles. The van der Waals surface area contributed by atoms with Gasteiger partial charge in [-0.05, 0) is 43.2 Å². The summed E-state index contributed by atoms with van der Waals surface area (Å²) in [5, 5.41) is 3.33. The van der Waals surface area contributed by atoms with Crippen molar-refractivity contribution >= 4 is 40.7 Å². The molecule has 0 heterocycles. The summed E-state index contributed by atoms with van der Waals surface area (Å²) in [5.41, 5.74) is 1.46. The zero-order valence-electron chi connectivity index (χ0n) is 15.3. The second kappa shape index (κ2) is 10.2. The molecule has 0 atom stereocenters. The van der Waals surface area contributed by atoms with E-state index < -0.39 is 0 Å². The molecule has 2 amide bonds. The number of anilines is 1. The third kappa shape index (κ3) is 6.77. The zero-order valence-corrected chi connectivity index (χ0v) is 16.8. The molecule has 1 N–H and O–H groups in total. The Kier molecular flexibility index (Phi) is 7.95. The van der Waals surface area contributed by atoms with Gasteiger partial charge in [-0.1, -0.05) is 41.4 Å². The highest BCUT2D eigenvalue weighted by molar-refractivity contribution is 6.39. The minimum atomic E-state index is -0.364. The van der Waals surface area contributed by atoms with Crippen LogP contribution in [-0.2, 0) is 9.59 Å². The summed E-state index contributed by atoms with van der Waals surface area (Å²) in [5.74, 6) is 0.284. The molecule has 0 aromatic heterocycles. The van der Waals surface area contributed by atoms with Crippen molar-refractivity contribution in [3.63, 3.8) is 0 Å². The van der Waals surface area contributed by atoms with Crippen LogP contribution in [0.5, 0.6) is 5.75 Å². The average molecular weight is 409 g/mol. The summed E-state index contributed by atoms with van der Waals surface area (Å²) < 4.78 is 5.62. The lowest BCUT2D eigenvalue weighted by atomic mass is 10.2. The summed E-state index contributed by atoms with van der Waals surface area (Å²) in [6.07, 6.45) is 0.859. The SMILES string of the molecule is Cc1cccc(OCCCC(=O)N(C)CC(=O)Nc2c(Cl)cccc2Cl)c1. The Balaban J connectivity index is 1.74. The number of ether oxygens (including phenoxy) is 1. The van der Waals surface area contributed by atoms with Gasteiger partial charge in [-0.25, -0.2) is 0 Å². The van der Waals surface area contributed by atoms with Gasteiger partial charge >= 0.3 is 0 Å². The van der Waals surface area contributed by atoms with Gasteiger partial charge in [-0.3, -0.25) is 9.59 Å². The number of carbonyl (C=O) groups excluding carboxylic acids is 2. The van der Waals surface area contributed by atoms with E-state index in [-0.39, 0.29) is 18.4 Å². The van der Waals surface area contributed by atoms with E-state index in [1.54, 1.807) is 25.2 Å². The molecule has 7 heteroatoms. The number of amides is 2. The molecule has 0 fully saturated rings. The number of halogens is 2. The molecule has 2 aromatic rings. The fourth-order valence-electron chi connectivity index (χ4n) is 2.41. The number of rotatable bonds is 8. The average Bonchev–Trinajstić information content (AvgIpc) is 2.62. The number of nitrogens with zero attached hydrogens (tertiary/aromatic N) is 1. The van der Waals surface area contributed by atoms with Gasteiger partial charge in [0, 0.05) is 13.5 Å². The van der Waals surface area contributed by atoms with Gasteiger partial charge in [-0.15, -0.1) is 0 Å². The Morgan fingerprint density at radius 1 is 1.11 bits per heavy atom. The monoisotopic (exact) mass is 408 g/mol. The van der Waals surface area contributed by atoms with Crippen molar-refractivity contribution in [2.75, 3.05) is 25.5 Å². The van der Waals surface area contributed by atoms with E-state index in [1.807, 2.05) is 31.2 Å². The van der Waals surface area contributed by atoms with Crippen LogP contribution in [0.15, 0.2) is 42.5 Å². The maximum atomic E-state index is 12.2. The summed E-state index contributed by atoms with van der Waals surface area (Å²) in [6.45, 7) is 2.34. The van der Waals surface area contributed by atoms with E-state index >= 15 is 0 Å². The second-order valence-electron chi connectivity index (χ2n) is 6.16. The second-order valence-corrected chi connectivity index (χ2v) is 6.98. The minimum absolute atomic E-state index is 0.0842. The molecule has 2 rings (SSSR count). The Bertz CT molecular complexity index is 791. The van der Waals surface area contributed by atoms with Crippen LogP contribution in [0.1, 0.15) is 18.4 Å². The van der Waals surface area contributed by atoms with Crippen LogP contribution < -0.4 is 10.1 Å². The number of aryl methyl sites for hydroxylation is 1. The van der Waals surface area contributed by atoms with Crippen molar-refractivity contribution in [3.8, 4) is 5.75 Å². The van der Waals surface area contributed by atoms with E-state index in [2.05, 4.69) is 5.32 Å². The third-order valence-electron chi connectivity index (χ3n) is 3.83. The van der Waals surface area contributed by atoms with E-state index in [9.17, 15) is 9.59 Å². The van der Waals surface area contributed by atoms with Crippen LogP contribution in [0.4, 0.5) is 5.69 Å². The van der Waals surface area contributed by atoms with Crippen LogP contribution in [0, 0.1) is 6.92 Å². The Labute approximate surface area is 169 Å². The van der Waals surface area contributed by atoms with Crippen LogP contribution >= 0.6 is 23.2 Å². The van der Waals surface area contributed by atoms with E-state index in [0.717, 1.165) is 11.3 Å². The molecule has 0 radical (unpaired) electrons. The highest BCUT2D eigenvalue weighted by Gasteiger charge is 2.15. The number of nitrogens with one attached hydrogen (secondary N) is 1. The van der Waals surface area contributed by atoms with Crippen molar-refractivity contribution in [3.05, 3.63) is 58.1 Å². The highest BCUT2D eigenvalue weighted by atomic mass is 35.5. The van der Waals surface area contributed by atoms with Gasteiger partial charge in [-0.2, -0.15) is 0 Å². The smallest absolute Gasteiger partial charge is 0.244 e. The minimum Gasteiger partial charge on any atom is -0.494 e. The van der Waals surface area contributed by atoms with Gasteiger partial charge in [0.1, 0.15) is 5.75 Å². The zero-order chi connectivity index (χ0) is 19.8. The molecule has 0 spiro atoms. The van der Waals surface area contributed by atoms with Gasteiger partial charge in [0.15, 0.2) is 0 Å². The molecule has 0 unspecified atom stereocenters. The lowest BCUT2D eigenvalue weighted by Crippen LogP contribution is -2.35. The lowest BCUT2D eigenvalue weighted by molar-refractivity contribution is -0.133. The fraction of sp³-hybridized carbons (Fsp3) is 0.300. The number of hydrogen-bond donors (Lipinski definition) is 1. The van der Waals surface area contributed by atoms with E-state index in [1.165, 1.54) is 4.90 Å². The van der Waals surface area contributed by atoms with E-state index in [4.69, 9.17) is 27.9 Å². The van der Waals surface area contributed by atoms with Crippen molar-refractivity contribution in [1.29, 1.82) is 0 Å². The maximum Gasteiger partial charge on any atom is 0.244 e. The number of likely N-dealkylation sites (N-methyl/N-ethyl adjacent to an activating group) is 1. The molecule has 144 valence electrons. The fourth-order valence-corrected chi connectivity index (χ4v) is 2.90. The number of benzene rings is 2. The van der Waals surface area contributed by atoms with Crippen LogP contribution in [0.3, 0.4) is 0 Å². The Morgan fingerprint density at radius 2 is 1.78 bits per heavy atom. The van der Waals surface area contributed by atoms with Crippen LogP contribution in [-0.4, -0.2) is 36.9 Å². The summed E-state index contributed by atoms with van der Waals surface area (Å²) in [6, 6.07) is 12.7. The number of carbonyl (C=O) groups is 2. The van der Waals surface area contributed by atoms with Gasteiger partial charge in [0.25, 0.3) is 0 Å². The standard InChI is InChI=1S/C20H22Cl2N2O3/c1-14-6-3-7-15(12-14)27-11-5-10-19(26)24(2)13-18(25)23-20-16(21)8-4-9-17(20)22/h3-4,6-9,12H,5,10-11,13H2,1-2H3,(H,23,25). The molecule has 2 aromatic carbocycles. The Morgan fingerprint density at radius 3 is 2.44 bits per heavy atom. The summed E-state index contributed by atoms with van der Waals surface area (Å²) in [4.78, 5) is 25.7. The molecule has 0 aliphatic carbocycles. The highest BCUT2D eigenvalue weighted by Crippen LogP contribution is 2.29. The number of para-hydroxylation sites is 1. The molecule has 0 aliphatic rings. The van der Waals surface area contributed by atoms with Crippen molar-refractivity contribution in [1.82, 2.24) is 4.90 Å². The number of hydrogen-bond acceptors (Lipinski definition) is 3. The van der Waals surface area contributed by atoms with Gasteiger partial charge in [0.05, 0.1) is 28.9 Å². The summed E-state index contributed by atoms with van der Waals surface area (Å²) in [7, 11) is 1.58. The predicted octanol–water partition coefficient (Wildman–Crippen LogP) is 4.56. The molecule has 0 aliphatic heterocycles. The van der Waals surface area contributed by atoms with Crippen molar-refractivity contribution in [2.24, 2.45) is 0 Å². The molecular formula is C20H22Cl2N2O3. The quantitative estimate of drug-likeness (QED) is 0.651. The maximum absolute atomic E-state index is 12.2. The first-order valence-corrected chi connectivity index (χ1v) is 9.29. The normalized spacial score (nSPS) is 10.4. The van der Waals surface area contributed by atoms with Crippen molar-refractivity contribution in [2.45, 2.75) is 19.8 Å². The predicted molar refractivity (Wildman–Crippen MR) is 109 cm³/mol. The molecule has 5 nitrogen and oxygen atoms in total. The first-order valence-electron chi connectivity index (χ1n) is 8.54. The van der Waals surface area contributed by atoms with Crippen molar-refractivity contribution < 1.29 is 14.3 Å². The lowest BCUT2D eigenvalue weighted by Gasteiger charge is -2.17. The first kappa shape index (κ1) is 21.1. The first-order chi connectivity index (χ1) is 12.9. The van der Waals surface area contributed by atoms with Crippen LogP contribution in [0.2, 0.25) is 10.0 Å². The topological polar surface area (TPSA) is 58.6 Å². The molecule has 27 heavy (non-hydrogen) atoms. The largest absolute Gasteiger partial charge is 0.494 e. The summed E-state index contributed by atoms with van der Waals surface area (Å²) >= 11 is 12.0. The third-order valence-corrected chi connectivity index (χ3v) is 4.46. The Hall–Kier alpha value is -2.24. The van der Waals surface area contributed by atoms with E-state index in [0.29, 0.717) is 35.2 Å². The van der Waals surface area contributed by atoms with Gasteiger partial charge < -0.3 is 15.0 Å².